The summed E-state index contributed by atoms with van der Waals surface area (Å²) in [6.45, 7) is 0.963. The molecule has 0 bridgehead atoms. The molecule has 4 atom stereocenters. The Labute approximate surface area is 354 Å². The number of imidazole rings is 2. The largest absolute Gasteiger partial charge is 0.465 e. The zero-order valence-electron chi connectivity index (χ0n) is 33.2. The van der Waals surface area contributed by atoms with E-state index in [2.05, 4.69) is 25.2 Å². The summed E-state index contributed by atoms with van der Waals surface area (Å²) in [5, 5.41) is 24.9. The Balaban J connectivity index is 0.884. The van der Waals surface area contributed by atoms with Crippen LogP contribution in [-0.2, 0) is 9.59 Å². The van der Waals surface area contributed by atoms with E-state index in [0.717, 1.165) is 51.9 Å². The molecule has 312 valence electrons. The van der Waals surface area contributed by atoms with Crippen molar-refractivity contribution < 1.29 is 34.1 Å². The van der Waals surface area contributed by atoms with E-state index in [4.69, 9.17) is 14.7 Å². The smallest absolute Gasteiger partial charge is 0.405 e. The van der Waals surface area contributed by atoms with Crippen LogP contribution in [0.1, 0.15) is 72.6 Å². The van der Waals surface area contributed by atoms with Gasteiger partial charge in [0.15, 0.2) is 11.5 Å². The van der Waals surface area contributed by atoms with Crippen molar-refractivity contribution >= 4 is 34.9 Å². The third-order valence-corrected chi connectivity index (χ3v) is 12.0. The molecule has 2 saturated heterocycles. The van der Waals surface area contributed by atoms with E-state index in [0.29, 0.717) is 60.2 Å². The van der Waals surface area contributed by atoms with Crippen molar-refractivity contribution in [2.45, 2.75) is 49.9 Å². The normalized spacial score (nSPS) is 17.6. The molecule has 4 aromatic carbocycles. The summed E-state index contributed by atoms with van der Waals surface area (Å²) in [5.41, 5.74) is 6.17. The highest BCUT2D eigenvalue weighted by atomic mass is 16.5. The van der Waals surface area contributed by atoms with Crippen LogP contribution in [0.5, 0.6) is 11.5 Å². The Morgan fingerprint density at radius 2 is 1.24 bits per heavy atom. The summed E-state index contributed by atoms with van der Waals surface area (Å²) < 4.78 is 8.65. The number of nitrogens with one attached hydrogen (secondary N) is 4. The maximum atomic E-state index is 13.9. The molecule has 0 spiro atoms. The van der Waals surface area contributed by atoms with Gasteiger partial charge in [-0.15, -0.1) is 0 Å². The average Bonchev–Trinajstić information content (AvgIpc) is 4.14. The number of benzene rings is 4. The monoisotopic (exact) mass is 831 g/mol. The number of hydrogen-bond acceptors (Lipinski definition) is 7. The maximum Gasteiger partial charge on any atom is 0.405 e. The summed E-state index contributed by atoms with van der Waals surface area (Å²) in [4.78, 5) is 70.9. The fourth-order valence-corrected chi connectivity index (χ4v) is 9.20. The number of H-pyrrole nitrogens is 2. The predicted molar refractivity (Wildman–Crippen MR) is 227 cm³/mol. The highest BCUT2D eigenvalue weighted by Crippen LogP contribution is 2.45. The van der Waals surface area contributed by atoms with Gasteiger partial charge in [0.2, 0.25) is 0 Å². The molecule has 3 aliphatic rings. The fourth-order valence-electron chi connectivity index (χ4n) is 9.20. The third kappa shape index (κ3) is 6.84. The predicted octanol–water partition coefficient (Wildman–Crippen LogP) is 7.86. The number of ether oxygens (including phenoxy) is 1. The number of rotatable bonds is 10. The first-order chi connectivity index (χ1) is 30.2. The Hall–Kier alpha value is -7.88. The molecule has 0 radical (unpaired) electrons. The lowest BCUT2D eigenvalue weighted by Crippen LogP contribution is -2.42. The summed E-state index contributed by atoms with van der Waals surface area (Å²) in [6, 6.07) is 26.8. The molecular formula is C46H41N9O7. The molecule has 16 heteroatoms. The van der Waals surface area contributed by atoms with Crippen molar-refractivity contribution in [1.29, 1.82) is 0 Å². The first kappa shape index (κ1) is 38.3. The van der Waals surface area contributed by atoms with Gasteiger partial charge in [0, 0.05) is 35.8 Å². The molecule has 2 fully saturated rings. The van der Waals surface area contributed by atoms with Crippen LogP contribution in [-0.4, -0.2) is 81.6 Å². The van der Waals surface area contributed by atoms with Crippen molar-refractivity contribution in [1.82, 2.24) is 44.9 Å². The van der Waals surface area contributed by atoms with Gasteiger partial charge >= 0.3 is 12.2 Å². The molecular weight excluding hydrogens is 791 g/mol. The second-order valence-electron chi connectivity index (χ2n) is 15.7. The first-order valence-electron chi connectivity index (χ1n) is 20.5. The van der Waals surface area contributed by atoms with Crippen molar-refractivity contribution in [3.63, 3.8) is 0 Å². The number of likely N-dealkylation sites (tertiary alicyclic amines) is 2. The molecule has 6 heterocycles. The summed E-state index contributed by atoms with van der Waals surface area (Å²) in [6.07, 6.45) is 5.86. The van der Waals surface area contributed by atoms with E-state index in [9.17, 15) is 29.4 Å². The van der Waals surface area contributed by atoms with Gasteiger partial charge in [-0.05, 0) is 67.1 Å². The molecule has 0 saturated carbocycles. The third-order valence-electron chi connectivity index (χ3n) is 12.0. The van der Waals surface area contributed by atoms with Crippen LogP contribution in [0.2, 0.25) is 0 Å². The highest BCUT2D eigenvalue weighted by Gasteiger charge is 2.38. The van der Waals surface area contributed by atoms with Crippen molar-refractivity contribution in [2.24, 2.45) is 0 Å². The first-order valence-corrected chi connectivity index (χ1v) is 20.5. The molecule has 10 rings (SSSR count). The zero-order chi connectivity index (χ0) is 42.5. The second kappa shape index (κ2) is 15.6. The molecule has 0 aliphatic carbocycles. The van der Waals surface area contributed by atoms with Gasteiger partial charge in [0.25, 0.3) is 11.8 Å². The minimum Gasteiger partial charge on any atom is -0.465 e. The van der Waals surface area contributed by atoms with E-state index in [-0.39, 0.29) is 23.9 Å². The quantitative estimate of drug-likeness (QED) is 0.0791. The molecule has 3 aromatic heterocycles. The lowest BCUT2D eigenvalue weighted by Gasteiger charge is -2.28. The van der Waals surface area contributed by atoms with E-state index in [1.807, 2.05) is 54.7 Å². The Morgan fingerprint density at radius 3 is 1.82 bits per heavy atom. The van der Waals surface area contributed by atoms with Gasteiger partial charge in [-0.25, -0.2) is 19.6 Å². The van der Waals surface area contributed by atoms with Gasteiger partial charge < -0.3 is 49.9 Å². The van der Waals surface area contributed by atoms with Crippen LogP contribution in [0.4, 0.5) is 9.59 Å². The summed E-state index contributed by atoms with van der Waals surface area (Å²) >= 11 is 0. The van der Waals surface area contributed by atoms with Crippen molar-refractivity contribution in [3.05, 3.63) is 138 Å². The molecule has 6 N–H and O–H groups in total. The van der Waals surface area contributed by atoms with E-state index in [1.54, 1.807) is 70.7 Å². The van der Waals surface area contributed by atoms with Crippen LogP contribution < -0.4 is 15.4 Å². The molecule has 4 amide bonds. The molecule has 0 unspecified atom stereocenters. The SMILES string of the molecule is O=C(O)N[C@@H](C(=O)N1CCC[C@H]1c1ncc(-c2ccc3c(c2)Oc2ccc(-c4cnc([C@@H]5CCCN5C(=O)[C@H](NC(=O)O)c5ccccc5)[nH]4)c4ccn-3c24)[nH]1)c1ccccc1. The highest BCUT2D eigenvalue weighted by molar-refractivity contribution is 6.00. The second-order valence-corrected chi connectivity index (χ2v) is 15.7. The maximum absolute atomic E-state index is 13.9. The van der Waals surface area contributed by atoms with Gasteiger partial charge in [0.1, 0.15) is 23.7 Å². The van der Waals surface area contributed by atoms with Gasteiger partial charge in [0.05, 0.1) is 47.1 Å². The zero-order valence-corrected chi connectivity index (χ0v) is 33.2. The lowest BCUT2D eigenvalue weighted by molar-refractivity contribution is -0.135. The molecule has 3 aliphatic heterocycles. The lowest BCUT2D eigenvalue weighted by atomic mass is 10.0. The number of amides is 4. The van der Waals surface area contributed by atoms with Crippen LogP contribution >= 0.6 is 0 Å². The van der Waals surface area contributed by atoms with E-state index in [1.165, 1.54) is 0 Å². The minimum absolute atomic E-state index is 0.325. The molecule has 62 heavy (non-hydrogen) atoms. The standard InChI is InChI=1S/C46H41N9O7/c56-43(38(51-45(58)59)26-9-3-1-4-10-26)54-20-7-13-34(54)41-47-24-31(49-41)28-15-17-33-37(23-28)62-36-18-16-29(30-19-22-53(33)40(30)36)32-25-48-42(50-32)35-14-8-21-55(35)44(57)39(52-46(60)61)27-11-5-2-6-12-27/h1-6,9-12,15-19,22-25,34-35,38-39,51-52H,7-8,13-14,20-21H2,(H,47,49)(H,48,50)(H,58,59)(H,60,61)/t34-,35-,38+,39+/m0/s1. The van der Waals surface area contributed by atoms with Crippen molar-refractivity contribution in [3.8, 4) is 39.7 Å². The van der Waals surface area contributed by atoms with Gasteiger partial charge in [-0.1, -0.05) is 66.7 Å². The van der Waals surface area contributed by atoms with Crippen LogP contribution in [0.3, 0.4) is 0 Å². The van der Waals surface area contributed by atoms with Gasteiger partial charge in [-0.3, -0.25) is 9.59 Å². The number of carboxylic acid groups (broad SMARTS) is 2. The molecule has 7 aromatic rings. The van der Waals surface area contributed by atoms with Crippen LogP contribution in [0, 0.1) is 0 Å². The van der Waals surface area contributed by atoms with Gasteiger partial charge in [-0.2, -0.15) is 0 Å². The topological polar surface area (TPSA) is 211 Å². The fraction of sp³-hybridized carbons (Fsp3) is 0.217. The molecule has 16 nitrogen and oxygen atoms in total. The Bertz CT molecular complexity index is 2850. The van der Waals surface area contributed by atoms with Crippen molar-refractivity contribution in [2.75, 3.05) is 13.1 Å². The summed E-state index contributed by atoms with van der Waals surface area (Å²) in [7, 11) is 0. The number of carbonyl (C=O) groups excluding carboxylic acids is 2. The number of carbonyl (C=O) groups is 4. The Kier molecular flexibility index (Phi) is 9.66. The number of aromatic amines is 2. The number of aromatic nitrogens is 5. The van der Waals surface area contributed by atoms with Crippen LogP contribution in [0.25, 0.3) is 39.1 Å². The Morgan fingerprint density at radius 1 is 0.677 bits per heavy atom. The number of hydrogen-bond donors (Lipinski definition) is 6. The number of fused-ring (bicyclic) bond motifs is 2. The van der Waals surface area contributed by atoms with E-state index >= 15 is 0 Å². The average molecular weight is 832 g/mol. The number of nitrogens with zero attached hydrogens (tertiary/aromatic N) is 5. The van der Waals surface area contributed by atoms with E-state index < -0.39 is 24.3 Å². The minimum atomic E-state index is -1.27. The summed E-state index contributed by atoms with van der Waals surface area (Å²) in [5.74, 6) is 1.93. The van der Waals surface area contributed by atoms with Crippen LogP contribution in [0.15, 0.2) is 116 Å².